The van der Waals surface area contributed by atoms with Crippen LogP contribution in [-0.2, 0) is 26.6 Å². The van der Waals surface area contributed by atoms with Crippen molar-refractivity contribution in [3.05, 3.63) is 35.4 Å². The Bertz CT molecular complexity index is 700. The van der Waals surface area contributed by atoms with Gasteiger partial charge in [0.05, 0.1) is 12.0 Å². The number of unbranched alkanes of at least 4 members (excludes halogenated alkanes) is 1. The topological polar surface area (TPSA) is 83.6 Å². The molecular formula is C15H26N2O4S2. The summed E-state index contributed by atoms with van der Waals surface area (Å²) in [6.07, 6.45) is 2.52. The van der Waals surface area contributed by atoms with Crippen molar-refractivity contribution in [3.8, 4) is 0 Å². The Kier molecular flexibility index (Phi) is 7.66. The summed E-state index contributed by atoms with van der Waals surface area (Å²) in [6.45, 7) is 4.28. The summed E-state index contributed by atoms with van der Waals surface area (Å²) in [5.74, 6) is 0.0697. The highest BCUT2D eigenvalue weighted by molar-refractivity contribution is 7.89. The minimum atomic E-state index is -3.41. The lowest BCUT2D eigenvalue weighted by Gasteiger charge is -2.20. The van der Waals surface area contributed by atoms with E-state index < -0.39 is 20.0 Å². The first-order valence-electron chi connectivity index (χ1n) is 7.62. The number of hydrogen-bond donors (Lipinski definition) is 1. The van der Waals surface area contributed by atoms with Gasteiger partial charge in [-0.2, -0.15) is 4.31 Å². The maximum atomic E-state index is 11.9. The number of sulfonamides is 2. The first-order valence-corrected chi connectivity index (χ1v) is 11.1. The second-order valence-electron chi connectivity index (χ2n) is 5.65. The van der Waals surface area contributed by atoms with Crippen LogP contribution in [0.25, 0.3) is 0 Å². The molecule has 0 saturated carbocycles. The summed E-state index contributed by atoms with van der Waals surface area (Å²) < 4.78 is 51.0. The van der Waals surface area contributed by atoms with E-state index in [1.54, 1.807) is 0 Å². The fraction of sp³-hybridized carbons (Fsp3) is 0.600. The molecule has 0 heterocycles. The first-order chi connectivity index (χ1) is 10.6. The summed E-state index contributed by atoms with van der Waals surface area (Å²) in [6, 6.07) is 7.59. The average molecular weight is 363 g/mol. The van der Waals surface area contributed by atoms with Crippen LogP contribution in [0.2, 0.25) is 0 Å². The third-order valence-electron chi connectivity index (χ3n) is 3.36. The van der Waals surface area contributed by atoms with Crippen molar-refractivity contribution in [1.29, 1.82) is 0 Å². The van der Waals surface area contributed by atoms with Gasteiger partial charge in [0.25, 0.3) is 0 Å². The number of benzene rings is 1. The summed E-state index contributed by atoms with van der Waals surface area (Å²) in [5, 5.41) is 0. The van der Waals surface area contributed by atoms with Crippen LogP contribution in [0.3, 0.4) is 0 Å². The minimum absolute atomic E-state index is 0.0697. The molecule has 0 aliphatic heterocycles. The van der Waals surface area contributed by atoms with Crippen LogP contribution in [0.5, 0.6) is 0 Å². The molecule has 6 nitrogen and oxygen atoms in total. The highest BCUT2D eigenvalue weighted by Crippen LogP contribution is 2.10. The van der Waals surface area contributed by atoms with E-state index in [2.05, 4.69) is 4.72 Å². The van der Waals surface area contributed by atoms with Crippen molar-refractivity contribution < 1.29 is 16.8 Å². The van der Waals surface area contributed by atoms with Gasteiger partial charge in [-0.3, -0.25) is 0 Å². The van der Waals surface area contributed by atoms with E-state index in [1.165, 1.54) is 4.31 Å². The number of aryl methyl sites for hydroxylation is 1. The number of hydrogen-bond acceptors (Lipinski definition) is 4. The van der Waals surface area contributed by atoms with Crippen molar-refractivity contribution in [2.45, 2.75) is 33.2 Å². The Balaban J connectivity index is 2.67. The zero-order valence-electron chi connectivity index (χ0n) is 13.9. The molecule has 0 unspecified atom stereocenters. The highest BCUT2D eigenvalue weighted by Gasteiger charge is 2.18. The average Bonchev–Trinajstić information content (AvgIpc) is 2.43. The first kappa shape index (κ1) is 20.1. The molecule has 132 valence electrons. The highest BCUT2D eigenvalue weighted by atomic mass is 32.2. The summed E-state index contributed by atoms with van der Waals surface area (Å²) >= 11 is 0. The van der Waals surface area contributed by atoms with Crippen molar-refractivity contribution in [1.82, 2.24) is 9.03 Å². The van der Waals surface area contributed by atoms with Crippen molar-refractivity contribution in [2.75, 3.05) is 25.1 Å². The molecule has 0 atom stereocenters. The molecule has 0 amide bonds. The van der Waals surface area contributed by atoms with Crippen LogP contribution >= 0.6 is 0 Å². The van der Waals surface area contributed by atoms with E-state index in [-0.39, 0.29) is 25.4 Å². The van der Waals surface area contributed by atoms with Crippen LogP contribution in [0.1, 0.15) is 30.9 Å². The largest absolute Gasteiger partial charge is 0.214 e. The molecule has 23 heavy (non-hydrogen) atoms. The molecule has 1 rings (SSSR count). The van der Waals surface area contributed by atoms with Crippen LogP contribution in [-0.4, -0.2) is 46.2 Å². The zero-order chi connectivity index (χ0) is 17.5. The Hall–Kier alpha value is -0.960. The van der Waals surface area contributed by atoms with Crippen molar-refractivity contribution in [3.63, 3.8) is 0 Å². The summed E-state index contributed by atoms with van der Waals surface area (Å²) in [4.78, 5) is 0. The van der Waals surface area contributed by atoms with Gasteiger partial charge in [0.1, 0.15) is 0 Å². The van der Waals surface area contributed by atoms with Gasteiger partial charge >= 0.3 is 0 Å². The van der Waals surface area contributed by atoms with E-state index in [0.717, 1.165) is 23.8 Å². The van der Waals surface area contributed by atoms with E-state index in [0.29, 0.717) is 6.42 Å². The predicted octanol–water partition coefficient (Wildman–Crippen LogP) is 1.48. The quantitative estimate of drug-likeness (QED) is 0.683. The molecule has 0 bridgehead atoms. The Morgan fingerprint density at radius 2 is 1.87 bits per heavy atom. The Labute approximate surface area is 140 Å². The van der Waals surface area contributed by atoms with Gasteiger partial charge in [-0.25, -0.2) is 21.6 Å². The summed E-state index contributed by atoms with van der Waals surface area (Å²) in [5.41, 5.74) is 1.93. The van der Waals surface area contributed by atoms with Gasteiger partial charge < -0.3 is 0 Å². The molecule has 1 N–H and O–H groups in total. The van der Waals surface area contributed by atoms with Gasteiger partial charge in [-0.15, -0.1) is 0 Å². The van der Waals surface area contributed by atoms with E-state index in [1.807, 2.05) is 38.1 Å². The summed E-state index contributed by atoms with van der Waals surface area (Å²) in [7, 11) is -6.75. The molecule has 0 saturated heterocycles. The smallest absolute Gasteiger partial charge is 0.211 e. The number of nitrogens with zero attached hydrogens (tertiary/aromatic N) is 1. The van der Waals surface area contributed by atoms with Crippen LogP contribution in [0.15, 0.2) is 24.3 Å². The lowest BCUT2D eigenvalue weighted by molar-refractivity contribution is 0.412. The minimum Gasteiger partial charge on any atom is -0.214 e. The molecule has 0 spiro atoms. The molecule has 0 aromatic heterocycles. The number of nitrogens with one attached hydrogen (secondary N) is 1. The van der Waals surface area contributed by atoms with Gasteiger partial charge in [-0.1, -0.05) is 43.2 Å². The lowest BCUT2D eigenvalue weighted by atomic mass is 10.1. The van der Waals surface area contributed by atoms with Crippen LogP contribution < -0.4 is 4.72 Å². The second-order valence-corrected chi connectivity index (χ2v) is 9.56. The SMILES string of the molecule is CCCCS(=O)(=O)NCCN(Cc1cccc(C)c1)S(C)(=O)=O. The Morgan fingerprint density at radius 3 is 2.43 bits per heavy atom. The monoisotopic (exact) mass is 362 g/mol. The normalized spacial score (nSPS) is 12.7. The molecule has 1 aromatic carbocycles. The predicted molar refractivity (Wildman–Crippen MR) is 93.1 cm³/mol. The van der Waals surface area contributed by atoms with Gasteiger partial charge in [0.2, 0.25) is 20.0 Å². The van der Waals surface area contributed by atoms with Crippen molar-refractivity contribution in [2.24, 2.45) is 0 Å². The molecular weight excluding hydrogens is 336 g/mol. The van der Waals surface area contributed by atoms with Gasteiger partial charge in [0.15, 0.2) is 0 Å². The Morgan fingerprint density at radius 1 is 1.17 bits per heavy atom. The molecule has 0 aliphatic carbocycles. The standard InChI is InChI=1S/C15H26N2O4S2/c1-4-5-11-23(20,21)16-9-10-17(22(3,18)19)13-15-8-6-7-14(2)12-15/h6-8,12,16H,4-5,9-11,13H2,1-3H3. The fourth-order valence-corrected chi connectivity index (χ4v) is 4.13. The van der Waals surface area contributed by atoms with E-state index in [9.17, 15) is 16.8 Å². The fourth-order valence-electron chi connectivity index (χ4n) is 2.11. The van der Waals surface area contributed by atoms with Gasteiger partial charge in [0, 0.05) is 19.6 Å². The third-order valence-corrected chi connectivity index (χ3v) is 6.08. The molecule has 8 heteroatoms. The second kappa shape index (κ2) is 8.77. The molecule has 0 aliphatic rings. The molecule has 1 aromatic rings. The van der Waals surface area contributed by atoms with Crippen LogP contribution in [0, 0.1) is 6.92 Å². The lowest BCUT2D eigenvalue weighted by Crippen LogP contribution is -2.38. The van der Waals surface area contributed by atoms with E-state index in [4.69, 9.17) is 0 Å². The molecule has 0 radical (unpaired) electrons. The maximum Gasteiger partial charge on any atom is 0.211 e. The van der Waals surface area contributed by atoms with E-state index >= 15 is 0 Å². The zero-order valence-corrected chi connectivity index (χ0v) is 15.6. The van der Waals surface area contributed by atoms with Gasteiger partial charge in [-0.05, 0) is 18.9 Å². The maximum absolute atomic E-state index is 11.9. The third kappa shape index (κ3) is 7.92. The molecule has 0 fully saturated rings. The number of rotatable bonds is 10. The van der Waals surface area contributed by atoms with Crippen LogP contribution in [0.4, 0.5) is 0 Å². The van der Waals surface area contributed by atoms with Crippen molar-refractivity contribution >= 4 is 20.0 Å².